The fraction of sp³-hybridized carbons (Fsp3) is 0.136. The van der Waals surface area contributed by atoms with Gasteiger partial charge in [-0.25, -0.2) is 9.78 Å². The zero-order chi connectivity index (χ0) is 22.2. The number of nitrogens with two attached hydrogens (primary N) is 1. The van der Waals surface area contributed by atoms with Crippen LogP contribution < -0.4 is 21.3 Å². The van der Waals surface area contributed by atoms with Crippen molar-refractivity contribution in [3.8, 4) is 0 Å². The normalized spacial score (nSPS) is 10.3. The van der Waals surface area contributed by atoms with Crippen molar-refractivity contribution >= 4 is 35.3 Å². The number of amides is 3. The van der Waals surface area contributed by atoms with Gasteiger partial charge in [-0.3, -0.25) is 20.4 Å². The van der Waals surface area contributed by atoms with Gasteiger partial charge in [-0.05, 0) is 30.7 Å². The Bertz CT molecular complexity index is 1100. The summed E-state index contributed by atoms with van der Waals surface area (Å²) < 4.78 is 0. The Morgan fingerprint density at radius 2 is 1.90 bits per heavy atom. The molecule has 0 bridgehead atoms. The van der Waals surface area contributed by atoms with E-state index in [4.69, 9.17) is 5.41 Å². The Hall–Kier alpha value is -4.11. The Kier molecular flexibility index (Phi) is 7.02. The minimum absolute atomic E-state index is 0.162. The van der Waals surface area contributed by atoms with Crippen molar-refractivity contribution in [2.24, 2.45) is 0 Å². The highest BCUT2D eigenvalue weighted by Crippen LogP contribution is 2.14. The average Bonchev–Trinajstić information content (AvgIpc) is 2.78. The predicted octanol–water partition coefficient (Wildman–Crippen LogP) is 1.99. The Morgan fingerprint density at radius 3 is 2.58 bits per heavy atom. The number of quaternary nitrogens is 1. The van der Waals surface area contributed by atoms with E-state index in [1.807, 2.05) is 24.4 Å². The van der Waals surface area contributed by atoms with E-state index in [9.17, 15) is 9.59 Å². The number of aryl methyl sites for hydroxylation is 1. The molecule has 0 radical (unpaired) electrons. The van der Waals surface area contributed by atoms with E-state index in [-0.39, 0.29) is 5.91 Å². The molecule has 0 aliphatic rings. The molecule has 0 unspecified atom stereocenters. The van der Waals surface area contributed by atoms with Gasteiger partial charge in [0.15, 0.2) is 5.69 Å². The molecule has 0 fully saturated rings. The molecule has 2 aromatic heterocycles. The number of rotatable bonds is 7. The second kappa shape index (κ2) is 10.1. The Balaban J connectivity index is 1.59. The van der Waals surface area contributed by atoms with E-state index >= 15 is 0 Å². The van der Waals surface area contributed by atoms with Crippen LogP contribution in [0.5, 0.6) is 0 Å². The molecule has 3 aromatic rings. The molecule has 9 nitrogen and oxygen atoms in total. The van der Waals surface area contributed by atoms with Crippen molar-refractivity contribution in [1.29, 1.82) is 5.41 Å². The maximum atomic E-state index is 12.2. The molecule has 0 aliphatic carbocycles. The summed E-state index contributed by atoms with van der Waals surface area (Å²) in [5, 5.41) is 17.6. The van der Waals surface area contributed by atoms with Gasteiger partial charge >= 0.3 is 6.03 Å². The van der Waals surface area contributed by atoms with Crippen LogP contribution in [0.1, 0.15) is 27.2 Å². The highest BCUT2D eigenvalue weighted by Gasteiger charge is 2.11. The predicted molar refractivity (Wildman–Crippen MR) is 118 cm³/mol. The van der Waals surface area contributed by atoms with Gasteiger partial charge in [0.25, 0.3) is 5.91 Å². The lowest BCUT2D eigenvalue weighted by molar-refractivity contribution is -0.479. The van der Waals surface area contributed by atoms with Crippen LogP contribution in [-0.4, -0.2) is 35.2 Å². The highest BCUT2D eigenvalue weighted by atomic mass is 16.2. The quantitative estimate of drug-likeness (QED) is 0.375. The molecule has 0 atom stereocenters. The molecule has 0 saturated heterocycles. The molecule has 1 aromatic carbocycles. The van der Waals surface area contributed by atoms with E-state index in [0.717, 1.165) is 22.6 Å². The first-order chi connectivity index (χ1) is 15.0. The summed E-state index contributed by atoms with van der Waals surface area (Å²) >= 11 is 0. The second-order valence-corrected chi connectivity index (χ2v) is 6.80. The number of nitrogens with one attached hydrogen (secondary N) is 4. The van der Waals surface area contributed by atoms with Crippen LogP contribution in [-0.2, 0) is 6.54 Å². The number of hydrogen-bond donors (Lipinski definition) is 5. The third-order valence-corrected chi connectivity index (χ3v) is 4.50. The van der Waals surface area contributed by atoms with Crippen molar-refractivity contribution in [2.45, 2.75) is 13.5 Å². The molecule has 3 rings (SSSR count). The standard InChI is InChI=1S/C22H23N7O2/c1-14-9-18(7-8-25-14)28-19-13-26-20(10-17(19)11-23)29-22(31)27-12-15-3-5-16(6-4-15)21(30)24-2/h3-11,13,23H,12H2,1-2H3,(H,24,30)(H,25,28)(H2,26,27,29,31)/p+1. The lowest BCUT2D eigenvalue weighted by Crippen LogP contribution is -2.71. The Morgan fingerprint density at radius 1 is 1.13 bits per heavy atom. The molecule has 0 saturated carbocycles. The largest absolute Gasteiger partial charge is 0.355 e. The maximum Gasteiger partial charge on any atom is 0.320 e. The van der Waals surface area contributed by atoms with Crippen LogP contribution in [0.15, 0.2) is 54.9 Å². The lowest BCUT2D eigenvalue weighted by Gasteiger charge is -2.09. The number of urea groups is 1. The average molecular weight is 418 g/mol. The lowest BCUT2D eigenvalue weighted by atomic mass is 10.1. The first-order valence-electron chi connectivity index (χ1n) is 9.62. The number of carbonyl (C=O) groups is 2. The van der Waals surface area contributed by atoms with Crippen LogP contribution in [0, 0.1) is 12.3 Å². The number of pyridine rings is 2. The number of benzene rings is 1. The number of nitrogens with zero attached hydrogens (tertiary/aromatic N) is 2. The zero-order valence-corrected chi connectivity index (χ0v) is 17.3. The molecule has 158 valence electrons. The van der Waals surface area contributed by atoms with Gasteiger partial charge < -0.3 is 16.0 Å². The summed E-state index contributed by atoms with van der Waals surface area (Å²) in [6.45, 7) is 2.21. The second-order valence-electron chi connectivity index (χ2n) is 6.80. The van der Waals surface area contributed by atoms with E-state index in [2.05, 4.69) is 25.9 Å². The summed E-state index contributed by atoms with van der Waals surface area (Å²) in [5.74, 6) is 0.180. The maximum absolute atomic E-state index is 12.2. The van der Waals surface area contributed by atoms with Crippen LogP contribution in [0.4, 0.5) is 22.0 Å². The van der Waals surface area contributed by atoms with Gasteiger partial charge in [0.05, 0.1) is 11.8 Å². The number of carbonyl (C=O) groups excluding carboxylic acids is 2. The summed E-state index contributed by atoms with van der Waals surface area (Å²) in [5.41, 5.74) is 4.66. The summed E-state index contributed by atoms with van der Waals surface area (Å²) in [7, 11) is 1.57. The van der Waals surface area contributed by atoms with Gasteiger partial charge in [0.2, 0.25) is 0 Å². The fourth-order valence-corrected chi connectivity index (χ4v) is 2.89. The summed E-state index contributed by atoms with van der Waals surface area (Å²) in [4.78, 5) is 32.2. The van der Waals surface area contributed by atoms with Crippen LogP contribution in [0.25, 0.3) is 0 Å². The molecule has 0 aliphatic heterocycles. The third-order valence-electron chi connectivity index (χ3n) is 4.50. The van der Waals surface area contributed by atoms with Crippen molar-refractivity contribution in [3.05, 3.63) is 77.2 Å². The molecule has 31 heavy (non-hydrogen) atoms. The molecule has 0 spiro atoms. The molecule has 3 amide bonds. The van der Waals surface area contributed by atoms with Crippen molar-refractivity contribution in [1.82, 2.24) is 20.6 Å². The van der Waals surface area contributed by atoms with E-state index in [1.165, 1.54) is 6.21 Å². The minimum Gasteiger partial charge on any atom is -0.355 e. The van der Waals surface area contributed by atoms with Gasteiger partial charge in [-0.1, -0.05) is 12.1 Å². The molecule has 6 N–H and O–H groups in total. The summed E-state index contributed by atoms with van der Waals surface area (Å²) in [6.07, 6.45) is 4.56. The monoisotopic (exact) mass is 418 g/mol. The third kappa shape index (κ3) is 5.94. The van der Waals surface area contributed by atoms with Crippen molar-refractivity contribution in [2.75, 3.05) is 12.4 Å². The topological polar surface area (TPSA) is 136 Å². The number of aromatic nitrogens is 2. The van der Waals surface area contributed by atoms with Gasteiger partial charge in [0, 0.05) is 49.4 Å². The van der Waals surface area contributed by atoms with Crippen molar-refractivity contribution < 1.29 is 14.9 Å². The summed E-state index contributed by atoms with van der Waals surface area (Å²) in [6, 6.07) is 12.0. The molecule has 9 heteroatoms. The zero-order valence-electron chi connectivity index (χ0n) is 17.3. The number of hydrogen-bond acceptors (Lipinski definition) is 5. The van der Waals surface area contributed by atoms with E-state index in [1.54, 1.807) is 49.8 Å². The van der Waals surface area contributed by atoms with Crippen LogP contribution in [0.3, 0.4) is 0 Å². The fourth-order valence-electron chi connectivity index (χ4n) is 2.89. The Labute approximate surface area is 179 Å². The first kappa shape index (κ1) is 21.6. The van der Waals surface area contributed by atoms with Gasteiger partial charge in [-0.15, -0.1) is 0 Å². The van der Waals surface area contributed by atoms with Crippen LogP contribution >= 0.6 is 0 Å². The SMILES string of the molecule is CNC(=O)c1ccc(CNC(=O)Nc2cc(C=N)c([NH2+]c3ccnc(C)c3)cn2)cc1. The molecule has 2 heterocycles. The van der Waals surface area contributed by atoms with Gasteiger partial charge in [0.1, 0.15) is 11.5 Å². The number of anilines is 1. The van der Waals surface area contributed by atoms with Crippen LogP contribution in [0.2, 0.25) is 0 Å². The smallest absolute Gasteiger partial charge is 0.320 e. The van der Waals surface area contributed by atoms with Gasteiger partial charge in [-0.2, -0.15) is 0 Å². The highest BCUT2D eigenvalue weighted by molar-refractivity contribution is 5.94. The first-order valence-corrected chi connectivity index (χ1v) is 9.62. The van der Waals surface area contributed by atoms with E-state index in [0.29, 0.717) is 23.5 Å². The minimum atomic E-state index is -0.416. The van der Waals surface area contributed by atoms with E-state index < -0.39 is 6.03 Å². The molecular formula is C22H24N7O2+. The molecular weight excluding hydrogens is 394 g/mol. The van der Waals surface area contributed by atoms with Crippen molar-refractivity contribution in [3.63, 3.8) is 0 Å².